The summed E-state index contributed by atoms with van der Waals surface area (Å²) in [6, 6.07) is 19.6. The molecule has 0 saturated heterocycles. The number of anilines is 1. The van der Waals surface area contributed by atoms with Gasteiger partial charge < -0.3 is 4.90 Å². The quantitative estimate of drug-likeness (QED) is 0.342. The number of aromatic nitrogens is 4. The number of rotatable bonds is 8. The van der Waals surface area contributed by atoms with Crippen LogP contribution in [-0.4, -0.2) is 38.0 Å². The Labute approximate surface area is 200 Å². The lowest BCUT2D eigenvalue weighted by Gasteiger charge is -2.22. The number of carbonyl (C=O) groups is 1. The Hall–Kier alpha value is -4.03. The van der Waals surface area contributed by atoms with E-state index in [0.29, 0.717) is 16.5 Å². The largest absolute Gasteiger partial charge is 0.311 e. The molecule has 0 radical (unpaired) electrons. The third kappa shape index (κ3) is 5.13. The number of aryl methyl sites for hydroxylation is 1. The molecule has 34 heavy (non-hydrogen) atoms. The first kappa shape index (κ1) is 23.1. The summed E-state index contributed by atoms with van der Waals surface area (Å²) in [5, 5.41) is 17.9. The average Bonchev–Trinajstić information content (AvgIpc) is 3.28. The smallest absolute Gasteiger partial charge is 0.237 e. The van der Waals surface area contributed by atoms with Gasteiger partial charge in [-0.25, -0.2) is 4.39 Å². The van der Waals surface area contributed by atoms with Crippen LogP contribution in [0, 0.1) is 24.1 Å². The number of halogens is 1. The van der Waals surface area contributed by atoms with Gasteiger partial charge in [0.2, 0.25) is 5.91 Å². The first-order chi connectivity index (χ1) is 16.6. The summed E-state index contributed by atoms with van der Waals surface area (Å²) in [5.74, 6) is -0.155. The van der Waals surface area contributed by atoms with Crippen molar-refractivity contribution in [2.75, 3.05) is 17.2 Å². The molecule has 2 heterocycles. The van der Waals surface area contributed by atoms with Gasteiger partial charge in [-0.2, -0.15) is 5.26 Å². The Balaban J connectivity index is 1.64. The Morgan fingerprint density at radius 3 is 2.62 bits per heavy atom. The molecular formula is C25H21FN6OS. The molecule has 0 fully saturated rings. The second kappa shape index (κ2) is 10.7. The van der Waals surface area contributed by atoms with Crippen LogP contribution in [0.4, 0.5) is 10.1 Å². The summed E-state index contributed by atoms with van der Waals surface area (Å²) in [5.41, 5.74) is 2.75. The first-order valence-electron chi connectivity index (χ1n) is 10.6. The van der Waals surface area contributed by atoms with Crippen molar-refractivity contribution in [2.45, 2.75) is 18.5 Å². The van der Waals surface area contributed by atoms with Crippen LogP contribution in [-0.2, 0) is 4.79 Å². The molecule has 4 aromatic rings. The van der Waals surface area contributed by atoms with Crippen molar-refractivity contribution < 1.29 is 9.18 Å². The SMILES string of the molecule is Cc1ccc(N(CCC#N)C(=O)CSc2nnc(-c3cccnc3)n2-c2ccccc2F)cc1. The molecule has 7 nitrogen and oxygen atoms in total. The number of pyridine rings is 1. The van der Waals surface area contributed by atoms with E-state index in [-0.39, 0.29) is 30.3 Å². The van der Waals surface area contributed by atoms with Crippen molar-refractivity contribution in [3.63, 3.8) is 0 Å². The summed E-state index contributed by atoms with van der Waals surface area (Å²) in [6.45, 7) is 2.25. The highest BCUT2D eigenvalue weighted by molar-refractivity contribution is 7.99. The molecule has 0 bridgehead atoms. The normalized spacial score (nSPS) is 10.6. The lowest BCUT2D eigenvalue weighted by Crippen LogP contribution is -2.33. The summed E-state index contributed by atoms with van der Waals surface area (Å²) in [7, 11) is 0. The molecule has 9 heteroatoms. The van der Waals surface area contributed by atoms with Gasteiger partial charge in [0, 0.05) is 30.2 Å². The van der Waals surface area contributed by atoms with E-state index < -0.39 is 5.82 Å². The van der Waals surface area contributed by atoms with Gasteiger partial charge >= 0.3 is 0 Å². The fraction of sp³-hybridized carbons (Fsp3) is 0.160. The molecule has 0 unspecified atom stereocenters. The lowest BCUT2D eigenvalue weighted by molar-refractivity contribution is -0.116. The number of hydrogen-bond acceptors (Lipinski definition) is 6. The molecule has 0 saturated carbocycles. The van der Waals surface area contributed by atoms with Crippen LogP contribution in [0.25, 0.3) is 17.1 Å². The zero-order valence-electron chi connectivity index (χ0n) is 18.4. The monoisotopic (exact) mass is 472 g/mol. The number of hydrogen-bond donors (Lipinski definition) is 0. The molecule has 1 amide bonds. The van der Waals surface area contributed by atoms with E-state index in [0.717, 1.165) is 23.0 Å². The van der Waals surface area contributed by atoms with Crippen molar-refractivity contribution in [3.8, 4) is 23.1 Å². The van der Waals surface area contributed by atoms with Crippen molar-refractivity contribution in [1.29, 1.82) is 5.26 Å². The van der Waals surface area contributed by atoms with E-state index >= 15 is 0 Å². The van der Waals surface area contributed by atoms with E-state index in [1.54, 1.807) is 46.1 Å². The average molecular weight is 473 g/mol. The first-order valence-corrected chi connectivity index (χ1v) is 11.5. The van der Waals surface area contributed by atoms with Gasteiger partial charge in [-0.3, -0.25) is 14.3 Å². The van der Waals surface area contributed by atoms with Crippen LogP contribution in [0.15, 0.2) is 78.2 Å². The van der Waals surface area contributed by atoms with E-state index in [4.69, 9.17) is 5.26 Å². The number of carbonyl (C=O) groups excluding carboxylic acids is 1. The van der Waals surface area contributed by atoms with Crippen molar-refractivity contribution in [3.05, 3.63) is 84.4 Å². The molecule has 2 aromatic heterocycles. The molecule has 0 atom stereocenters. The molecular weight excluding hydrogens is 451 g/mol. The van der Waals surface area contributed by atoms with E-state index in [2.05, 4.69) is 21.3 Å². The number of amides is 1. The molecule has 0 N–H and O–H groups in total. The number of nitriles is 1. The van der Waals surface area contributed by atoms with Crippen LogP contribution in [0.1, 0.15) is 12.0 Å². The number of para-hydroxylation sites is 1. The third-order valence-corrected chi connectivity index (χ3v) is 5.98. The second-order valence-corrected chi connectivity index (χ2v) is 8.35. The molecule has 0 aliphatic carbocycles. The third-order valence-electron chi connectivity index (χ3n) is 5.07. The summed E-state index contributed by atoms with van der Waals surface area (Å²) in [6.07, 6.45) is 3.48. The molecule has 4 rings (SSSR count). The topological polar surface area (TPSA) is 87.7 Å². The van der Waals surface area contributed by atoms with Crippen LogP contribution in [0.3, 0.4) is 0 Å². The summed E-state index contributed by atoms with van der Waals surface area (Å²) < 4.78 is 16.3. The fourth-order valence-corrected chi connectivity index (χ4v) is 4.21. The van der Waals surface area contributed by atoms with Gasteiger partial charge in [-0.05, 0) is 43.3 Å². The second-order valence-electron chi connectivity index (χ2n) is 7.41. The van der Waals surface area contributed by atoms with Crippen molar-refractivity contribution >= 4 is 23.4 Å². The lowest BCUT2D eigenvalue weighted by atomic mass is 10.2. The van der Waals surface area contributed by atoms with Crippen molar-refractivity contribution in [1.82, 2.24) is 19.7 Å². The number of nitrogens with zero attached hydrogens (tertiary/aromatic N) is 6. The Morgan fingerprint density at radius 1 is 1.12 bits per heavy atom. The van der Waals surface area contributed by atoms with Crippen LogP contribution >= 0.6 is 11.8 Å². The zero-order chi connectivity index (χ0) is 23.9. The van der Waals surface area contributed by atoms with Gasteiger partial charge in [0.05, 0.1) is 23.9 Å². The highest BCUT2D eigenvalue weighted by Gasteiger charge is 2.22. The van der Waals surface area contributed by atoms with Gasteiger partial charge in [0.1, 0.15) is 5.82 Å². The van der Waals surface area contributed by atoms with Gasteiger partial charge in [0.15, 0.2) is 11.0 Å². The van der Waals surface area contributed by atoms with E-state index in [1.165, 1.54) is 6.07 Å². The van der Waals surface area contributed by atoms with Crippen LogP contribution < -0.4 is 4.90 Å². The molecule has 0 spiro atoms. The van der Waals surface area contributed by atoms with Gasteiger partial charge in [-0.1, -0.05) is 41.6 Å². The van der Waals surface area contributed by atoms with Crippen molar-refractivity contribution in [2.24, 2.45) is 0 Å². The maximum absolute atomic E-state index is 14.7. The highest BCUT2D eigenvalue weighted by Crippen LogP contribution is 2.29. The molecule has 170 valence electrons. The molecule has 0 aliphatic heterocycles. The maximum Gasteiger partial charge on any atom is 0.237 e. The Kier molecular flexibility index (Phi) is 7.30. The number of benzene rings is 2. The van der Waals surface area contributed by atoms with E-state index in [9.17, 15) is 9.18 Å². The Morgan fingerprint density at radius 2 is 1.91 bits per heavy atom. The fourth-order valence-electron chi connectivity index (χ4n) is 3.38. The van der Waals surface area contributed by atoms with Gasteiger partial charge in [-0.15, -0.1) is 10.2 Å². The maximum atomic E-state index is 14.7. The predicted molar refractivity (Wildman–Crippen MR) is 129 cm³/mol. The highest BCUT2D eigenvalue weighted by atomic mass is 32.2. The summed E-state index contributed by atoms with van der Waals surface area (Å²) >= 11 is 1.16. The molecule has 0 aliphatic rings. The predicted octanol–water partition coefficient (Wildman–Crippen LogP) is 4.82. The molecule has 2 aromatic carbocycles. The standard InChI is InChI=1S/C25H21FN6OS/c1-18-9-11-20(12-10-18)31(15-5-13-27)23(33)17-34-25-30-29-24(19-6-4-14-28-16-19)32(25)22-8-3-2-7-21(22)26/h2-4,6-12,14,16H,5,15,17H2,1H3. The minimum Gasteiger partial charge on any atom is -0.311 e. The van der Waals surface area contributed by atoms with Crippen LogP contribution in [0.2, 0.25) is 0 Å². The van der Waals surface area contributed by atoms with E-state index in [1.807, 2.05) is 37.3 Å². The Bertz CT molecular complexity index is 1320. The van der Waals surface area contributed by atoms with Crippen LogP contribution in [0.5, 0.6) is 0 Å². The van der Waals surface area contributed by atoms with Gasteiger partial charge in [0.25, 0.3) is 0 Å². The summed E-state index contributed by atoms with van der Waals surface area (Å²) in [4.78, 5) is 18.9. The minimum atomic E-state index is -0.434. The zero-order valence-corrected chi connectivity index (χ0v) is 19.2. The number of thioether (sulfide) groups is 1. The minimum absolute atomic E-state index is 0.0406.